The van der Waals surface area contributed by atoms with Crippen LogP contribution in [0, 0.1) is 5.41 Å². The first-order chi connectivity index (χ1) is 12.0. The van der Waals surface area contributed by atoms with Crippen molar-refractivity contribution in [1.82, 2.24) is 4.90 Å². The van der Waals surface area contributed by atoms with Crippen molar-refractivity contribution in [2.45, 2.75) is 58.3 Å². The highest BCUT2D eigenvalue weighted by molar-refractivity contribution is 6.09. The molecule has 1 spiro atoms. The zero-order valence-electron chi connectivity index (χ0n) is 14.8. The molecule has 0 radical (unpaired) electrons. The van der Waals surface area contributed by atoms with Crippen molar-refractivity contribution in [3.05, 3.63) is 29.8 Å². The lowest BCUT2D eigenvalue weighted by atomic mass is 9.73. The number of aryl methyl sites for hydroxylation is 1. The molecular formula is C20H26N2O3. The molecule has 134 valence electrons. The molecule has 2 fully saturated rings. The molecule has 0 unspecified atom stereocenters. The highest BCUT2D eigenvalue weighted by atomic mass is 16.2. The third-order valence-corrected chi connectivity index (χ3v) is 5.38. The molecule has 1 saturated heterocycles. The van der Waals surface area contributed by atoms with E-state index in [2.05, 4.69) is 12.2 Å². The first-order valence-corrected chi connectivity index (χ1v) is 9.28. The predicted molar refractivity (Wildman–Crippen MR) is 95.9 cm³/mol. The highest BCUT2D eigenvalue weighted by Crippen LogP contribution is 2.45. The standard InChI is InChI=1S/C20H26N2O3/c1-2-6-15-7-9-16(10-8-15)21-17(23)14-22-18(24)13-20(19(22)25)11-4-3-5-12-20/h7-10H,2-6,11-14H2,1H3,(H,21,23). The van der Waals surface area contributed by atoms with Gasteiger partial charge in [0.1, 0.15) is 6.54 Å². The summed E-state index contributed by atoms with van der Waals surface area (Å²) in [6.07, 6.45) is 7.00. The third-order valence-electron chi connectivity index (χ3n) is 5.38. The second-order valence-corrected chi connectivity index (χ2v) is 7.30. The lowest BCUT2D eigenvalue weighted by molar-refractivity contribution is -0.144. The van der Waals surface area contributed by atoms with Crippen LogP contribution in [0.25, 0.3) is 0 Å². The molecule has 1 aliphatic heterocycles. The largest absolute Gasteiger partial charge is 0.325 e. The maximum Gasteiger partial charge on any atom is 0.244 e. The molecule has 1 saturated carbocycles. The van der Waals surface area contributed by atoms with Crippen LogP contribution in [0.5, 0.6) is 0 Å². The van der Waals surface area contributed by atoms with Gasteiger partial charge in [-0.05, 0) is 37.0 Å². The van der Waals surface area contributed by atoms with E-state index in [1.807, 2.05) is 24.3 Å². The van der Waals surface area contributed by atoms with E-state index < -0.39 is 5.41 Å². The van der Waals surface area contributed by atoms with Crippen LogP contribution >= 0.6 is 0 Å². The monoisotopic (exact) mass is 342 g/mol. The van der Waals surface area contributed by atoms with Gasteiger partial charge in [-0.2, -0.15) is 0 Å². The van der Waals surface area contributed by atoms with Crippen molar-refractivity contribution < 1.29 is 14.4 Å². The van der Waals surface area contributed by atoms with Gasteiger partial charge in [0, 0.05) is 12.1 Å². The zero-order chi connectivity index (χ0) is 17.9. The quantitative estimate of drug-likeness (QED) is 0.835. The van der Waals surface area contributed by atoms with Crippen molar-refractivity contribution >= 4 is 23.4 Å². The number of nitrogens with zero attached hydrogens (tertiary/aromatic N) is 1. The number of hydrogen-bond donors (Lipinski definition) is 1. The molecule has 2 aliphatic rings. The summed E-state index contributed by atoms with van der Waals surface area (Å²) >= 11 is 0. The number of amides is 3. The van der Waals surface area contributed by atoms with Crippen molar-refractivity contribution in [2.75, 3.05) is 11.9 Å². The summed E-state index contributed by atoms with van der Waals surface area (Å²) < 4.78 is 0. The van der Waals surface area contributed by atoms with Gasteiger partial charge in [0.2, 0.25) is 17.7 Å². The van der Waals surface area contributed by atoms with E-state index in [0.717, 1.165) is 49.8 Å². The summed E-state index contributed by atoms with van der Waals surface area (Å²) in [5.74, 6) is -0.677. The van der Waals surface area contributed by atoms with Crippen LogP contribution < -0.4 is 5.32 Å². The van der Waals surface area contributed by atoms with Gasteiger partial charge in [-0.25, -0.2) is 0 Å². The first-order valence-electron chi connectivity index (χ1n) is 9.28. The van der Waals surface area contributed by atoms with Gasteiger partial charge in [0.25, 0.3) is 0 Å². The summed E-state index contributed by atoms with van der Waals surface area (Å²) in [7, 11) is 0. The minimum atomic E-state index is -0.530. The second-order valence-electron chi connectivity index (χ2n) is 7.30. The van der Waals surface area contributed by atoms with Crippen molar-refractivity contribution in [2.24, 2.45) is 5.41 Å². The highest BCUT2D eigenvalue weighted by Gasteiger charge is 2.51. The number of hydrogen-bond acceptors (Lipinski definition) is 3. The molecular weight excluding hydrogens is 316 g/mol. The smallest absolute Gasteiger partial charge is 0.244 e. The van der Waals surface area contributed by atoms with Gasteiger partial charge in [0.05, 0.1) is 5.41 Å². The van der Waals surface area contributed by atoms with Crippen LogP contribution in [0.3, 0.4) is 0 Å². The van der Waals surface area contributed by atoms with Gasteiger partial charge < -0.3 is 5.32 Å². The Labute approximate surface area is 148 Å². The van der Waals surface area contributed by atoms with Gasteiger partial charge in [0.15, 0.2) is 0 Å². The van der Waals surface area contributed by atoms with E-state index in [1.54, 1.807) is 0 Å². The van der Waals surface area contributed by atoms with Crippen molar-refractivity contribution in [3.63, 3.8) is 0 Å². The maximum atomic E-state index is 12.7. The maximum absolute atomic E-state index is 12.7. The molecule has 25 heavy (non-hydrogen) atoms. The molecule has 0 atom stereocenters. The van der Waals surface area contributed by atoms with E-state index in [0.29, 0.717) is 5.69 Å². The van der Waals surface area contributed by atoms with Gasteiger partial charge in [-0.15, -0.1) is 0 Å². The minimum Gasteiger partial charge on any atom is -0.325 e. The molecule has 5 heteroatoms. The summed E-state index contributed by atoms with van der Waals surface area (Å²) in [6.45, 7) is 1.94. The third kappa shape index (κ3) is 3.75. The minimum absolute atomic E-state index is 0.148. The molecule has 0 aromatic heterocycles. The second kappa shape index (κ2) is 7.38. The Bertz CT molecular complexity index is 660. The van der Waals surface area contributed by atoms with E-state index in [1.165, 1.54) is 5.56 Å². The lowest BCUT2D eigenvalue weighted by Crippen LogP contribution is -2.41. The van der Waals surface area contributed by atoms with Crippen molar-refractivity contribution in [1.29, 1.82) is 0 Å². The predicted octanol–water partition coefficient (Wildman–Crippen LogP) is 3.29. The van der Waals surface area contributed by atoms with E-state index in [9.17, 15) is 14.4 Å². The van der Waals surface area contributed by atoms with Crippen LogP contribution in [0.4, 0.5) is 5.69 Å². The molecule has 3 rings (SSSR count). The lowest BCUT2D eigenvalue weighted by Gasteiger charge is -2.30. The summed E-state index contributed by atoms with van der Waals surface area (Å²) in [5.41, 5.74) is 1.39. The fourth-order valence-electron chi connectivity index (χ4n) is 4.03. The van der Waals surface area contributed by atoms with Crippen LogP contribution in [0.2, 0.25) is 0 Å². The van der Waals surface area contributed by atoms with E-state index in [-0.39, 0.29) is 30.7 Å². The number of anilines is 1. The molecule has 5 nitrogen and oxygen atoms in total. The molecule has 0 bridgehead atoms. The summed E-state index contributed by atoms with van der Waals surface area (Å²) in [6, 6.07) is 7.70. The molecule has 1 aromatic carbocycles. The van der Waals surface area contributed by atoms with Crippen LogP contribution in [0.1, 0.15) is 57.4 Å². The molecule has 1 aliphatic carbocycles. The Kier molecular flexibility index (Phi) is 5.21. The molecule has 1 N–H and O–H groups in total. The first kappa shape index (κ1) is 17.6. The Morgan fingerprint density at radius 2 is 1.80 bits per heavy atom. The number of carbonyl (C=O) groups is 3. The van der Waals surface area contributed by atoms with Crippen LogP contribution in [-0.2, 0) is 20.8 Å². The molecule has 1 aromatic rings. The molecule has 1 heterocycles. The Morgan fingerprint density at radius 3 is 2.44 bits per heavy atom. The fourth-order valence-corrected chi connectivity index (χ4v) is 4.03. The number of benzene rings is 1. The summed E-state index contributed by atoms with van der Waals surface area (Å²) in [5, 5.41) is 2.79. The SMILES string of the molecule is CCCc1ccc(NC(=O)CN2C(=O)CC3(CCCCC3)C2=O)cc1. The van der Waals surface area contributed by atoms with Crippen LogP contribution in [0.15, 0.2) is 24.3 Å². The fraction of sp³-hybridized carbons (Fsp3) is 0.550. The van der Waals surface area contributed by atoms with E-state index >= 15 is 0 Å². The van der Waals surface area contributed by atoms with Gasteiger partial charge >= 0.3 is 0 Å². The number of nitrogens with one attached hydrogen (secondary N) is 1. The van der Waals surface area contributed by atoms with Crippen LogP contribution in [-0.4, -0.2) is 29.2 Å². The summed E-state index contributed by atoms with van der Waals surface area (Å²) in [4.78, 5) is 38.5. The average molecular weight is 342 g/mol. The van der Waals surface area contributed by atoms with Gasteiger partial charge in [-0.3, -0.25) is 19.3 Å². The Morgan fingerprint density at radius 1 is 1.12 bits per heavy atom. The van der Waals surface area contributed by atoms with Gasteiger partial charge in [-0.1, -0.05) is 44.7 Å². The Hall–Kier alpha value is -2.17. The zero-order valence-corrected chi connectivity index (χ0v) is 14.8. The Balaban J connectivity index is 1.60. The number of rotatable bonds is 5. The molecule has 3 amide bonds. The topological polar surface area (TPSA) is 66.5 Å². The number of likely N-dealkylation sites (tertiary alicyclic amines) is 1. The van der Waals surface area contributed by atoms with Crippen molar-refractivity contribution in [3.8, 4) is 0 Å². The normalized spacial score (nSPS) is 19.5. The average Bonchev–Trinajstić information content (AvgIpc) is 2.82. The number of imide groups is 1. The number of carbonyl (C=O) groups excluding carboxylic acids is 3. The van der Waals surface area contributed by atoms with E-state index in [4.69, 9.17) is 0 Å².